The van der Waals surface area contributed by atoms with E-state index in [1.54, 1.807) is 12.3 Å². The number of nitrogen functional groups attached to an aromatic ring is 1. The lowest BCUT2D eigenvalue weighted by Gasteiger charge is -2.33. The molecule has 0 spiro atoms. The fourth-order valence-electron chi connectivity index (χ4n) is 2.08. The Labute approximate surface area is 119 Å². The number of halogens is 3. The predicted molar refractivity (Wildman–Crippen MR) is 76.3 cm³/mol. The molecule has 2 heterocycles. The summed E-state index contributed by atoms with van der Waals surface area (Å²) in [5, 5.41) is 3.25. The van der Waals surface area contributed by atoms with Crippen LogP contribution in [0.15, 0.2) is 18.3 Å². The van der Waals surface area contributed by atoms with Crippen molar-refractivity contribution in [1.82, 2.24) is 15.2 Å². The van der Waals surface area contributed by atoms with Crippen LogP contribution in [0.2, 0.25) is 0 Å². The molecule has 1 fully saturated rings. The van der Waals surface area contributed by atoms with Crippen LogP contribution in [-0.2, 0) is 0 Å². The minimum Gasteiger partial charge on any atom is -0.383 e. The molecule has 3 N–H and O–H groups in total. The predicted octanol–water partition coefficient (Wildman–Crippen LogP) is 1.42. The van der Waals surface area contributed by atoms with E-state index in [-0.39, 0.29) is 30.9 Å². The van der Waals surface area contributed by atoms with Crippen molar-refractivity contribution >= 4 is 30.6 Å². The maximum atomic E-state index is 13.2. The van der Waals surface area contributed by atoms with E-state index in [2.05, 4.69) is 15.2 Å². The molecule has 7 heteroatoms. The summed E-state index contributed by atoms with van der Waals surface area (Å²) >= 11 is 0. The lowest BCUT2D eigenvalue weighted by molar-refractivity contribution is 0.148. The highest BCUT2D eigenvalue weighted by molar-refractivity contribution is 5.85. The van der Waals surface area contributed by atoms with Gasteiger partial charge in [0.1, 0.15) is 12.5 Å². The Morgan fingerprint density at radius 3 is 2.61 bits per heavy atom. The number of nitrogens with zero attached hydrogens (tertiary/aromatic N) is 2. The van der Waals surface area contributed by atoms with Crippen LogP contribution in [0.4, 0.5) is 10.2 Å². The molecule has 1 aliphatic rings. The molecule has 1 saturated heterocycles. The first-order valence-electron chi connectivity index (χ1n) is 5.54. The van der Waals surface area contributed by atoms with Gasteiger partial charge in [0.15, 0.2) is 0 Å². The summed E-state index contributed by atoms with van der Waals surface area (Å²) in [4.78, 5) is 6.13. The first-order valence-corrected chi connectivity index (χ1v) is 5.54. The second-order valence-corrected chi connectivity index (χ2v) is 3.93. The van der Waals surface area contributed by atoms with Crippen molar-refractivity contribution in [1.29, 1.82) is 0 Å². The number of rotatable bonds is 3. The van der Waals surface area contributed by atoms with E-state index in [0.717, 1.165) is 31.7 Å². The second-order valence-electron chi connectivity index (χ2n) is 3.93. The highest BCUT2D eigenvalue weighted by atomic mass is 35.5. The lowest BCUT2D eigenvalue weighted by Crippen LogP contribution is -2.45. The molecule has 0 radical (unpaired) electrons. The highest BCUT2D eigenvalue weighted by Gasteiger charge is 2.23. The summed E-state index contributed by atoms with van der Waals surface area (Å²) in [6, 6.07) is 3.40. The van der Waals surface area contributed by atoms with Gasteiger partial charge in [0.05, 0.1) is 6.04 Å². The molecular formula is C11H19Cl2FN4. The van der Waals surface area contributed by atoms with E-state index in [1.165, 1.54) is 0 Å². The molecule has 0 amide bonds. The Hall–Kier alpha value is -0.620. The molecule has 18 heavy (non-hydrogen) atoms. The maximum Gasteiger partial charge on any atom is 0.128 e. The van der Waals surface area contributed by atoms with Crippen LogP contribution in [0.1, 0.15) is 11.6 Å². The smallest absolute Gasteiger partial charge is 0.128 e. The van der Waals surface area contributed by atoms with Gasteiger partial charge < -0.3 is 11.1 Å². The zero-order valence-electron chi connectivity index (χ0n) is 10.0. The minimum atomic E-state index is -0.421. The zero-order chi connectivity index (χ0) is 11.4. The van der Waals surface area contributed by atoms with Gasteiger partial charge in [0, 0.05) is 37.9 Å². The third-order valence-electron chi connectivity index (χ3n) is 2.97. The molecule has 0 saturated carbocycles. The van der Waals surface area contributed by atoms with Crippen LogP contribution >= 0.6 is 24.8 Å². The molecule has 0 bridgehead atoms. The van der Waals surface area contributed by atoms with Gasteiger partial charge in [-0.1, -0.05) is 6.07 Å². The standard InChI is InChI=1S/C11H17FN4.2ClH/c12-8-10(16-6-4-14-5-7-16)9-2-1-3-15-11(9)13;;/h1-3,10,14H,4-8H2,(H2,13,15);2*1H/t10-;;/m0../s1. The molecule has 0 aromatic carbocycles. The molecule has 4 nitrogen and oxygen atoms in total. The number of hydrogen-bond donors (Lipinski definition) is 2. The van der Waals surface area contributed by atoms with Crippen molar-refractivity contribution in [2.75, 3.05) is 38.6 Å². The molecule has 104 valence electrons. The number of aromatic nitrogens is 1. The number of anilines is 1. The summed E-state index contributed by atoms with van der Waals surface area (Å²) in [5.41, 5.74) is 6.58. The van der Waals surface area contributed by atoms with Crippen molar-refractivity contribution < 1.29 is 4.39 Å². The number of nitrogens with two attached hydrogens (primary N) is 1. The van der Waals surface area contributed by atoms with Crippen molar-refractivity contribution in [3.8, 4) is 0 Å². The van der Waals surface area contributed by atoms with Crippen LogP contribution in [0.3, 0.4) is 0 Å². The van der Waals surface area contributed by atoms with Crippen molar-refractivity contribution in [2.24, 2.45) is 0 Å². The van der Waals surface area contributed by atoms with Gasteiger partial charge in [-0.3, -0.25) is 4.90 Å². The topological polar surface area (TPSA) is 54.2 Å². The zero-order valence-corrected chi connectivity index (χ0v) is 11.6. The maximum absolute atomic E-state index is 13.2. The van der Waals surface area contributed by atoms with E-state index >= 15 is 0 Å². The van der Waals surface area contributed by atoms with Gasteiger partial charge in [0.25, 0.3) is 0 Å². The summed E-state index contributed by atoms with van der Waals surface area (Å²) in [7, 11) is 0. The van der Waals surface area contributed by atoms with Crippen LogP contribution in [0.25, 0.3) is 0 Å². The molecule has 0 aliphatic carbocycles. The third-order valence-corrected chi connectivity index (χ3v) is 2.97. The van der Waals surface area contributed by atoms with Crippen LogP contribution in [-0.4, -0.2) is 42.7 Å². The molecule has 1 aliphatic heterocycles. The number of nitrogens with one attached hydrogen (secondary N) is 1. The summed E-state index contributed by atoms with van der Waals surface area (Å²) in [5.74, 6) is 0.434. The van der Waals surface area contributed by atoms with Gasteiger partial charge in [-0.25, -0.2) is 9.37 Å². The van der Waals surface area contributed by atoms with Gasteiger partial charge in [-0.15, -0.1) is 24.8 Å². The van der Waals surface area contributed by atoms with E-state index in [0.29, 0.717) is 5.82 Å². The van der Waals surface area contributed by atoms with Crippen LogP contribution < -0.4 is 11.1 Å². The van der Waals surface area contributed by atoms with Gasteiger partial charge >= 0.3 is 0 Å². The van der Waals surface area contributed by atoms with Crippen LogP contribution in [0, 0.1) is 0 Å². The van der Waals surface area contributed by atoms with Crippen molar-refractivity contribution in [2.45, 2.75) is 6.04 Å². The Morgan fingerprint density at radius 2 is 2.06 bits per heavy atom. The molecule has 2 rings (SSSR count). The number of pyridine rings is 1. The van der Waals surface area contributed by atoms with E-state index in [9.17, 15) is 4.39 Å². The summed E-state index contributed by atoms with van der Waals surface area (Å²) < 4.78 is 13.2. The highest BCUT2D eigenvalue weighted by Crippen LogP contribution is 2.24. The molecule has 0 unspecified atom stereocenters. The lowest BCUT2D eigenvalue weighted by atomic mass is 10.1. The molecular weight excluding hydrogens is 278 g/mol. The van der Waals surface area contributed by atoms with E-state index < -0.39 is 6.67 Å². The van der Waals surface area contributed by atoms with Gasteiger partial charge in [-0.05, 0) is 6.07 Å². The first kappa shape index (κ1) is 17.4. The number of alkyl halides is 1. The first-order chi connectivity index (χ1) is 7.83. The monoisotopic (exact) mass is 296 g/mol. The van der Waals surface area contributed by atoms with Crippen molar-refractivity contribution in [3.63, 3.8) is 0 Å². The Kier molecular flexibility index (Phi) is 8.18. The Balaban J connectivity index is 0.00000144. The number of hydrogen-bond acceptors (Lipinski definition) is 4. The third kappa shape index (κ3) is 3.95. The fourth-order valence-corrected chi connectivity index (χ4v) is 2.08. The van der Waals surface area contributed by atoms with Gasteiger partial charge in [0.2, 0.25) is 0 Å². The summed E-state index contributed by atoms with van der Waals surface area (Å²) in [6.07, 6.45) is 1.63. The molecule has 1 aromatic heterocycles. The Morgan fingerprint density at radius 1 is 1.39 bits per heavy atom. The van der Waals surface area contributed by atoms with Gasteiger partial charge in [-0.2, -0.15) is 0 Å². The minimum absolute atomic E-state index is 0. The largest absolute Gasteiger partial charge is 0.383 e. The van der Waals surface area contributed by atoms with E-state index in [1.807, 2.05) is 6.07 Å². The quantitative estimate of drug-likeness (QED) is 0.886. The number of piperazine rings is 1. The van der Waals surface area contributed by atoms with E-state index in [4.69, 9.17) is 5.73 Å². The Bertz CT molecular complexity index is 348. The average Bonchev–Trinajstić information content (AvgIpc) is 2.34. The fraction of sp³-hybridized carbons (Fsp3) is 0.545. The molecule has 1 atom stereocenters. The van der Waals surface area contributed by atoms with Crippen molar-refractivity contribution in [3.05, 3.63) is 23.9 Å². The SMILES string of the molecule is Cl.Cl.Nc1ncccc1[C@H](CF)N1CCNCC1. The summed E-state index contributed by atoms with van der Waals surface area (Å²) in [6.45, 7) is 3.08. The second kappa shape index (κ2) is 8.48. The normalized spacial score (nSPS) is 17.4. The average molecular weight is 297 g/mol. The van der Waals surface area contributed by atoms with Crippen LogP contribution in [0.5, 0.6) is 0 Å². The molecule has 1 aromatic rings.